The molecule has 5 heteroatoms. The molecule has 3 unspecified atom stereocenters. The van der Waals surface area contributed by atoms with E-state index < -0.39 is 6.10 Å². The number of aliphatic hydroxyl groups is 1. The first kappa shape index (κ1) is 14.3. The van der Waals surface area contributed by atoms with Crippen molar-refractivity contribution in [3.05, 3.63) is 47.0 Å². The Morgan fingerprint density at radius 3 is 2.88 bits per heavy atom. The van der Waals surface area contributed by atoms with Gasteiger partial charge in [-0.25, -0.2) is 0 Å². The van der Waals surface area contributed by atoms with Gasteiger partial charge in [-0.3, -0.25) is 4.90 Å². The first-order valence-electron chi connectivity index (χ1n) is 8.17. The lowest BCUT2D eigenvalue weighted by atomic mass is 9.74. The number of rotatable bonds is 1. The predicted molar refractivity (Wildman–Crippen MR) is 88.1 cm³/mol. The summed E-state index contributed by atoms with van der Waals surface area (Å²) < 4.78 is 17.3. The van der Waals surface area contributed by atoms with E-state index in [9.17, 15) is 5.11 Å². The summed E-state index contributed by atoms with van der Waals surface area (Å²) in [5.74, 6) is 1.50. The number of hydrogen-bond acceptors (Lipinski definition) is 5. The molecule has 0 spiro atoms. The van der Waals surface area contributed by atoms with E-state index in [4.69, 9.17) is 14.2 Å². The second-order valence-corrected chi connectivity index (χ2v) is 6.63. The van der Waals surface area contributed by atoms with Crippen molar-refractivity contribution in [2.24, 2.45) is 0 Å². The van der Waals surface area contributed by atoms with Crippen molar-refractivity contribution in [2.45, 2.75) is 18.2 Å². The zero-order chi connectivity index (χ0) is 16.4. The Morgan fingerprint density at radius 2 is 2.04 bits per heavy atom. The van der Waals surface area contributed by atoms with Gasteiger partial charge in [0.05, 0.1) is 12.1 Å². The second kappa shape index (κ2) is 4.96. The van der Waals surface area contributed by atoms with Crippen molar-refractivity contribution in [3.8, 4) is 22.6 Å². The van der Waals surface area contributed by atoms with Crippen LogP contribution in [0.2, 0.25) is 0 Å². The summed E-state index contributed by atoms with van der Waals surface area (Å²) in [5, 5.41) is 10.7. The van der Waals surface area contributed by atoms with Crippen LogP contribution >= 0.6 is 0 Å². The van der Waals surface area contributed by atoms with Crippen LogP contribution in [0.25, 0.3) is 11.1 Å². The van der Waals surface area contributed by atoms with Gasteiger partial charge in [0, 0.05) is 19.2 Å². The molecule has 2 aromatic carbocycles. The number of ether oxygens (including phenoxy) is 3. The van der Waals surface area contributed by atoms with Gasteiger partial charge >= 0.3 is 0 Å². The fraction of sp³-hybridized carbons (Fsp3) is 0.368. The van der Waals surface area contributed by atoms with Crippen LogP contribution in [0.4, 0.5) is 0 Å². The molecule has 0 radical (unpaired) electrons. The van der Waals surface area contributed by atoms with E-state index in [-0.39, 0.29) is 18.9 Å². The van der Waals surface area contributed by atoms with Gasteiger partial charge in [0.25, 0.3) is 0 Å². The van der Waals surface area contributed by atoms with Crippen molar-refractivity contribution in [2.75, 3.05) is 27.5 Å². The molecule has 124 valence electrons. The number of nitrogens with zero attached hydrogens (tertiary/aromatic N) is 1. The third-order valence-corrected chi connectivity index (χ3v) is 5.40. The maximum absolute atomic E-state index is 10.7. The van der Waals surface area contributed by atoms with E-state index in [0.717, 1.165) is 39.3 Å². The lowest BCUT2D eigenvalue weighted by Gasteiger charge is -2.45. The minimum atomic E-state index is -0.544. The second-order valence-electron chi connectivity index (χ2n) is 6.63. The highest BCUT2D eigenvalue weighted by atomic mass is 16.7. The summed E-state index contributed by atoms with van der Waals surface area (Å²) in [6.07, 6.45) is -0.623. The molecule has 2 aliphatic heterocycles. The molecule has 0 saturated heterocycles. The van der Waals surface area contributed by atoms with Crippen LogP contribution < -0.4 is 9.47 Å². The quantitative estimate of drug-likeness (QED) is 0.874. The first-order chi connectivity index (χ1) is 11.7. The average molecular weight is 325 g/mol. The Kier molecular flexibility index (Phi) is 2.95. The molecule has 2 heterocycles. The first-order valence-corrected chi connectivity index (χ1v) is 8.17. The van der Waals surface area contributed by atoms with E-state index in [0.29, 0.717) is 6.54 Å². The lowest BCUT2D eigenvalue weighted by molar-refractivity contribution is -0.00973. The summed E-state index contributed by atoms with van der Waals surface area (Å²) in [4.78, 5) is 2.17. The molecule has 3 atom stereocenters. The molecule has 1 N–H and O–H groups in total. The van der Waals surface area contributed by atoms with Crippen molar-refractivity contribution < 1.29 is 19.3 Å². The monoisotopic (exact) mass is 325 g/mol. The van der Waals surface area contributed by atoms with Gasteiger partial charge in [-0.15, -0.1) is 0 Å². The van der Waals surface area contributed by atoms with Crippen LogP contribution in [0.5, 0.6) is 11.5 Å². The molecule has 5 rings (SSSR count). The molecule has 0 bridgehead atoms. The molecule has 2 aromatic rings. The molecule has 24 heavy (non-hydrogen) atoms. The molecular weight excluding hydrogens is 306 g/mol. The van der Waals surface area contributed by atoms with Crippen LogP contribution in [-0.2, 0) is 4.74 Å². The summed E-state index contributed by atoms with van der Waals surface area (Å²) in [6.45, 7) is 0.788. The zero-order valence-electron chi connectivity index (χ0n) is 13.7. The molecule has 0 saturated carbocycles. The Labute approximate surface area is 140 Å². The SMILES string of the molecule is COC1c2ccccc2-c2c3c(cc4c2C1N(C)CC4O)OCO3. The van der Waals surface area contributed by atoms with Gasteiger partial charge in [-0.2, -0.15) is 0 Å². The van der Waals surface area contributed by atoms with Crippen molar-refractivity contribution >= 4 is 0 Å². The normalized spacial score (nSPS) is 26.9. The average Bonchev–Trinajstić information content (AvgIpc) is 3.06. The Balaban J connectivity index is 1.90. The number of β-amino-alcohol motifs (C(OH)–C–C–N with tert-alkyl or cyclic N) is 1. The Hall–Kier alpha value is -2.08. The van der Waals surface area contributed by atoms with E-state index in [1.807, 2.05) is 25.2 Å². The number of hydrogen-bond donors (Lipinski definition) is 1. The third kappa shape index (κ3) is 1.69. The molecule has 3 aliphatic rings. The van der Waals surface area contributed by atoms with Gasteiger partial charge in [0.15, 0.2) is 11.5 Å². The fourth-order valence-corrected chi connectivity index (χ4v) is 4.42. The Morgan fingerprint density at radius 1 is 1.21 bits per heavy atom. The minimum absolute atomic E-state index is 0.0489. The molecule has 0 amide bonds. The van der Waals surface area contributed by atoms with E-state index in [2.05, 4.69) is 17.0 Å². The zero-order valence-corrected chi connectivity index (χ0v) is 13.7. The smallest absolute Gasteiger partial charge is 0.231 e. The Bertz CT molecular complexity index is 834. The van der Waals surface area contributed by atoms with Crippen molar-refractivity contribution in [1.82, 2.24) is 4.90 Å². The van der Waals surface area contributed by atoms with E-state index >= 15 is 0 Å². The van der Waals surface area contributed by atoms with Gasteiger partial charge < -0.3 is 19.3 Å². The minimum Gasteiger partial charge on any atom is -0.454 e. The molecule has 5 nitrogen and oxygen atoms in total. The van der Waals surface area contributed by atoms with Crippen LogP contribution in [0, 0.1) is 0 Å². The molecule has 0 aromatic heterocycles. The van der Waals surface area contributed by atoms with Crippen LogP contribution in [0.1, 0.15) is 34.9 Å². The summed E-state index contributed by atoms with van der Waals surface area (Å²) in [7, 11) is 3.78. The summed E-state index contributed by atoms with van der Waals surface area (Å²) >= 11 is 0. The molecule has 0 fully saturated rings. The third-order valence-electron chi connectivity index (χ3n) is 5.40. The number of aliphatic hydroxyl groups excluding tert-OH is 1. The number of fused-ring (bicyclic) bond motifs is 4. The van der Waals surface area contributed by atoms with E-state index in [1.165, 1.54) is 0 Å². The highest BCUT2D eigenvalue weighted by Gasteiger charge is 2.45. The number of likely N-dealkylation sites (N-methyl/N-ethyl adjacent to an activating group) is 1. The van der Waals surface area contributed by atoms with Gasteiger partial charge in [0.2, 0.25) is 6.79 Å². The standard InChI is InChI=1S/C19H19NO4/c1-20-8-13(21)12-7-14-19(24-9-23-14)16-10-5-3-4-6-11(10)18(22-2)17(20)15(12)16/h3-7,13,17-18,21H,8-9H2,1-2H3. The van der Waals surface area contributed by atoms with Gasteiger partial charge in [-0.1, -0.05) is 24.3 Å². The number of methoxy groups -OCH3 is 1. The topological polar surface area (TPSA) is 51.2 Å². The van der Waals surface area contributed by atoms with Crippen molar-refractivity contribution in [1.29, 1.82) is 0 Å². The van der Waals surface area contributed by atoms with Crippen LogP contribution in [0.15, 0.2) is 30.3 Å². The largest absolute Gasteiger partial charge is 0.454 e. The highest BCUT2D eigenvalue weighted by molar-refractivity contribution is 5.84. The lowest BCUT2D eigenvalue weighted by Crippen LogP contribution is -2.40. The summed E-state index contributed by atoms with van der Waals surface area (Å²) in [5.41, 5.74) is 5.32. The molecule has 1 aliphatic carbocycles. The van der Waals surface area contributed by atoms with E-state index in [1.54, 1.807) is 7.11 Å². The highest BCUT2D eigenvalue weighted by Crippen LogP contribution is 2.58. The fourth-order valence-electron chi connectivity index (χ4n) is 4.42. The molecular formula is C19H19NO4. The maximum Gasteiger partial charge on any atom is 0.231 e. The predicted octanol–water partition coefficient (Wildman–Crippen LogP) is 2.80. The summed E-state index contributed by atoms with van der Waals surface area (Å²) in [6, 6.07) is 10.3. The van der Waals surface area contributed by atoms with Crippen LogP contribution in [-0.4, -0.2) is 37.5 Å². The van der Waals surface area contributed by atoms with Gasteiger partial charge in [0.1, 0.15) is 6.10 Å². The van der Waals surface area contributed by atoms with Crippen LogP contribution in [0.3, 0.4) is 0 Å². The van der Waals surface area contributed by atoms with Crippen molar-refractivity contribution in [3.63, 3.8) is 0 Å². The maximum atomic E-state index is 10.7. The van der Waals surface area contributed by atoms with Gasteiger partial charge in [-0.05, 0) is 35.4 Å². The number of benzene rings is 2.